The summed E-state index contributed by atoms with van der Waals surface area (Å²) in [5.74, 6) is -0.261. The Labute approximate surface area is 100 Å². The van der Waals surface area contributed by atoms with Crippen molar-refractivity contribution in [3.63, 3.8) is 0 Å². The molecule has 1 saturated heterocycles. The molecule has 0 bridgehead atoms. The first-order valence-electron chi connectivity index (χ1n) is 5.88. The number of halogens is 1. The predicted octanol–water partition coefficient (Wildman–Crippen LogP) is 0.970. The molecule has 1 aromatic carbocycles. The number of benzene rings is 1. The minimum Gasteiger partial charge on any atom is -0.326 e. The molecule has 4 heteroatoms. The average Bonchev–Trinajstić information content (AvgIpc) is 2.67. The van der Waals surface area contributed by atoms with Gasteiger partial charge in [-0.1, -0.05) is 18.2 Å². The van der Waals surface area contributed by atoms with Crippen LogP contribution in [0.5, 0.6) is 0 Å². The van der Waals surface area contributed by atoms with Gasteiger partial charge in [0.25, 0.3) is 0 Å². The first-order valence-corrected chi connectivity index (χ1v) is 5.88. The molecule has 17 heavy (non-hydrogen) atoms. The summed E-state index contributed by atoms with van der Waals surface area (Å²) in [6, 6.07) is 6.59. The molecule has 1 aliphatic rings. The van der Waals surface area contributed by atoms with E-state index in [0.29, 0.717) is 12.1 Å². The van der Waals surface area contributed by atoms with E-state index < -0.39 is 0 Å². The van der Waals surface area contributed by atoms with Gasteiger partial charge in [-0.2, -0.15) is 0 Å². The zero-order chi connectivity index (χ0) is 12.3. The molecule has 1 heterocycles. The Bertz CT molecular complexity index is 408. The number of carbonyl (C=O) groups excluding carboxylic acids is 1. The molecule has 3 nitrogen and oxygen atoms in total. The Morgan fingerprint density at radius 3 is 2.88 bits per heavy atom. The zero-order valence-electron chi connectivity index (χ0n) is 9.73. The molecule has 1 aliphatic heterocycles. The van der Waals surface area contributed by atoms with Gasteiger partial charge in [0.05, 0.1) is 6.54 Å². The summed E-state index contributed by atoms with van der Waals surface area (Å²) in [6.45, 7) is 2.01. The number of nitrogens with two attached hydrogens (primary N) is 1. The van der Waals surface area contributed by atoms with E-state index in [0.717, 1.165) is 19.5 Å². The van der Waals surface area contributed by atoms with Gasteiger partial charge in [0.2, 0.25) is 0 Å². The normalized spacial score (nSPS) is 20.7. The molecule has 0 saturated carbocycles. The molecule has 1 unspecified atom stereocenters. The van der Waals surface area contributed by atoms with Crippen LogP contribution in [0.15, 0.2) is 24.3 Å². The smallest absolute Gasteiger partial charge is 0.151 e. The van der Waals surface area contributed by atoms with Crippen molar-refractivity contribution in [2.45, 2.75) is 18.9 Å². The van der Waals surface area contributed by atoms with E-state index in [1.807, 2.05) is 4.90 Å². The van der Waals surface area contributed by atoms with E-state index >= 15 is 0 Å². The Hall–Kier alpha value is -1.26. The molecule has 1 aromatic rings. The summed E-state index contributed by atoms with van der Waals surface area (Å²) < 4.78 is 13.3. The monoisotopic (exact) mass is 236 g/mol. The highest BCUT2D eigenvalue weighted by molar-refractivity contribution is 5.82. The summed E-state index contributed by atoms with van der Waals surface area (Å²) in [4.78, 5) is 13.8. The van der Waals surface area contributed by atoms with Crippen molar-refractivity contribution in [2.24, 2.45) is 5.73 Å². The second kappa shape index (κ2) is 5.38. The molecule has 0 aromatic heterocycles. The lowest BCUT2D eigenvalue weighted by Gasteiger charge is -2.13. The van der Waals surface area contributed by atoms with Crippen molar-refractivity contribution in [3.8, 4) is 0 Å². The minimum absolute atomic E-state index is 0.0456. The van der Waals surface area contributed by atoms with Gasteiger partial charge in [0, 0.05) is 25.6 Å². The SMILES string of the molecule is NC1CCN(CC(=O)Cc2ccccc2F)C1. The predicted molar refractivity (Wildman–Crippen MR) is 64.1 cm³/mol. The fourth-order valence-electron chi connectivity index (χ4n) is 2.17. The molecule has 1 fully saturated rings. The Morgan fingerprint density at radius 2 is 2.24 bits per heavy atom. The Morgan fingerprint density at radius 1 is 1.47 bits per heavy atom. The Balaban J connectivity index is 1.87. The first-order chi connectivity index (χ1) is 8.15. The van der Waals surface area contributed by atoms with Crippen molar-refractivity contribution >= 4 is 5.78 Å². The topological polar surface area (TPSA) is 46.3 Å². The highest BCUT2D eigenvalue weighted by atomic mass is 19.1. The number of carbonyl (C=O) groups is 1. The van der Waals surface area contributed by atoms with E-state index in [9.17, 15) is 9.18 Å². The summed E-state index contributed by atoms with van der Waals surface area (Å²) in [7, 11) is 0. The fourth-order valence-corrected chi connectivity index (χ4v) is 2.17. The second-order valence-corrected chi connectivity index (χ2v) is 4.59. The summed E-state index contributed by atoms with van der Waals surface area (Å²) >= 11 is 0. The maximum atomic E-state index is 13.3. The van der Waals surface area contributed by atoms with Gasteiger partial charge in [-0.15, -0.1) is 0 Å². The number of hydrogen-bond donors (Lipinski definition) is 1. The maximum Gasteiger partial charge on any atom is 0.151 e. The van der Waals surface area contributed by atoms with Crippen LogP contribution < -0.4 is 5.73 Å². The van der Waals surface area contributed by atoms with Gasteiger partial charge in [-0.05, 0) is 18.1 Å². The van der Waals surface area contributed by atoms with Crippen molar-refractivity contribution in [2.75, 3.05) is 19.6 Å². The highest BCUT2D eigenvalue weighted by Gasteiger charge is 2.21. The van der Waals surface area contributed by atoms with Crippen LogP contribution in [0.3, 0.4) is 0 Å². The number of Topliss-reactive ketones (excluding diaryl/α,β-unsaturated/α-hetero) is 1. The standard InChI is InChI=1S/C13H17FN2O/c14-13-4-2-1-3-10(13)7-12(17)9-16-6-5-11(15)8-16/h1-4,11H,5-9,15H2. The lowest BCUT2D eigenvalue weighted by molar-refractivity contribution is -0.119. The molecule has 1 atom stereocenters. The van der Waals surface area contributed by atoms with Crippen LogP contribution in [0.2, 0.25) is 0 Å². The van der Waals surface area contributed by atoms with E-state index in [2.05, 4.69) is 0 Å². The van der Waals surface area contributed by atoms with Crippen molar-refractivity contribution in [1.29, 1.82) is 0 Å². The third kappa shape index (κ3) is 3.35. The zero-order valence-corrected chi connectivity index (χ0v) is 9.73. The largest absolute Gasteiger partial charge is 0.326 e. The number of nitrogens with zero attached hydrogens (tertiary/aromatic N) is 1. The lowest BCUT2D eigenvalue weighted by Crippen LogP contribution is -2.31. The van der Waals surface area contributed by atoms with Crippen LogP contribution in [0.1, 0.15) is 12.0 Å². The molecule has 92 valence electrons. The molecule has 0 aliphatic carbocycles. The van der Waals surface area contributed by atoms with Crippen LogP contribution >= 0.6 is 0 Å². The van der Waals surface area contributed by atoms with E-state index in [1.54, 1.807) is 18.2 Å². The quantitative estimate of drug-likeness (QED) is 0.847. The third-order valence-electron chi connectivity index (χ3n) is 3.05. The fraction of sp³-hybridized carbons (Fsp3) is 0.462. The van der Waals surface area contributed by atoms with Gasteiger partial charge in [-0.25, -0.2) is 4.39 Å². The van der Waals surface area contributed by atoms with E-state index in [4.69, 9.17) is 5.73 Å². The number of likely N-dealkylation sites (tertiary alicyclic amines) is 1. The van der Waals surface area contributed by atoms with Crippen LogP contribution in [0, 0.1) is 5.82 Å². The third-order valence-corrected chi connectivity index (χ3v) is 3.05. The average molecular weight is 236 g/mol. The lowest BCUT2D eigenvalue weighted by atomic mass is 10.1. The van der Waals surface area contributed by atoms with Crippen LogP contribution in [0.25, 0.3) is 0 Å². The number of hydrogen-bond acceptors (Lipinski definition) is 3. The van der Waals surface area contributed by atoms with Gasteiger partial charge in [-0.3, -0.25) is 9.69 Å². The molecular weight excluding hydrogens is 219 g/mol. The van der Waals surface area contributed by atoms with E-state index in [-0.39, 0.29) is 24.1 Å². The molecule has 2 rings (SSSR count). The highest BCUT2D eigenvalue weighted by Crippen LogP contribution is 2.10. The van der Waals surface area contributed by atoms with Gasteiger partial charge in [0.15, 0.2) is 5.78 Å². The minimum atomic E-state index is -0.307. The van der Waals surface area contributed by atoms with Gasteiger partial charge >= 0.3 is 0 Å². The van der Waals surface area contributed by atoms with Crippen molar-refractivity contribution in [1.82, 2.24) is 4.90 Å². The molecule has 2 N–H and O–H groups in total. The molecule has 0 radical (unpaired) electrons. The first kappa shape index (κ1) is 12.2. The Kier molecular flexibility index (Phi) is 3.86. The summed E-state index contributed by atoms with van der Waals surface area (Å²) in [5, 5.41) is 0. The van der Waals surface area contributed by atoms with Crippen LogP contribution in [-0.4, -0.2) is 36.4 Å². The maximum absolute atomic E-state index is 13.3. The summed E-state index contributed by atoms with van der Waals surface area (Å²) in [6.07, 6.45) is 1.10. The van der Waals surface area contributed by atoms with Crippen molar-refractivity contribution < 1.29 is 9.18 Å². The van der Waals surface area contributed by atoms with Crippen molar-refractivity contribution in [3.05, 3.63) is 35.6 Å². The molecule has 0 amide bonds. The number of rotatable bonds is 4. The van der Waals surface area contributed by atoms with Gasteiger partial charge in [0.1, 0.15) is 5.82 Å². The summed E-state index contributed by atoms with van der Waals surface area (Å²) in [5.41, 5.74) is 6.24. The second-order valence-electron chi connectivity index (χ2n) is 4.59. The molecular formula is C13H17FN2O. The number of ketones is 1. The van der Waals surface area contributed by atoms with Gasteiger partial charge < -0.3 is 5.73 Å². The van der Waals surface area contributed by atoms with E-state index in [1.165, 1.54) is 6.07 Å². The van der Waals surface area contributed by atoms with Crippen LogP contribution in [0.4, 0.5) is 4.39 Å². The molecule has 0 spiro atoms. The van der Waals surface area contributed by atoms with Crippen LogP contribution in [-0.2, 0) is 11.2 Å².